The number of carbonyl (C=O) groups is 2. The molecule has 0 radical (unpaired) electrons. The topological polar surface area (TPSA) is 68.4 Å². The summed E-state index contributed by atoms with van der Waals surface area (Å²) in [5.41, 5.74) is 3.30. The fourth-order valence-corrected chi connectivity index (χ4v) is 5.09. The molecule has 2 aromatic rings. The number of benzene rings is 1. The lowest BCUT2D eigenvalue weighted by molar-refractivity contribution is -0.126. The van der Waals surface area contributed by atoms with E-state index in [2.05, 4.69) is 15.2 Å². The number of nitrogens with one attached hydrogen (secondary N) is 2. The second kappa shape index (κ2) is 10.5. The molecule has 1 aromatic carbocycles. The van der Waals surface area contributed by atoms with E-state index in [0.717, 1.165) is 55.6 Å². The maximum absolute atomic E-state index is 13.9. The van der Waals surface area contributed by atoms with Gasteiger partial charge < -0.3 is 15.2 Å². The lowest BCUT2D eigenvalue weighted by Crippen LogP contribution is -2.47. The Morgan fingerprint density at radius 3 is 2.58 bits per heavy atom. The molecule has 2 amide bonds. The van der Waals surface area contributed by atoms with Gasteiger partial charge in [-0.15, -0.1) is 0 Å². The molecule has 1 atom stereocenters. The average Bonchev–Trinajstić information content (AvgIpc) is 3.17. The molecule has 7 heteroatoms. The number of carbonyl (C=O) groups excluding carboxylic acids is 2. The molecular formula is C26H35FN4O2. The minimum Gasteiger partial charge on any atom is -0.356 e. The number of hydrogen-bond donors (Lipinski definition) is 2. The highest BCUT2D eigenvalue weighted by atomic mass is 19.1. The predicted molar refractivity (Wildman–Crippen MR) is 126 cm³/mol. The Kier molecular flexibility index (Phi) is 7.48. The molecule has 0 unspecified atom stereocenters. The van der Waals surface area contributed by atoms with Crippen molar-refractivity contribution in [2.45, 2.75) is 46.1 Å². The number of piperidine rings is 2. The van der Waals surface area contributed by atoms with Crippen molar-refractivity contribution in [2.75, 3.05) is 32.7 Å². The molecule has 2 saturated heterocycles. The lowest BCUT2D eigenvalue weighted by atomic mass is 9.94. The molecule has 0 saturated carbocycles. The third-order valence-electron chi connectivity index (χ3n) is 7.07. The van der Waals surface area contributed by atoms with E-state index in [0.29, 0.717) is 37.8 Å². The van der Waals surface area contributed by atoms with Crippen LogP contribution in [0.25, 0.3) is 0 Å². The van der Waals surface area contributed by atoms with Gasteiger partial charge in [-0.25, -0.2) is 4.39 Å². The smallest absolute Gasteiger partial charge is 0.270 e. The minimum atomic E-state index is -0.153. The van der Waals surface area contributed by atoms with E-state index in [1.54, 1.807) is 6.07 Å². The van der Waals surface area contributed by atoms with Gasteiger partial charge >= 0.3 is 0 Å². The second-order valence-corrected chi connectivity index (χ2v) is 9.66. The summed E-state index contributed by atoms with van der Waals surface area (Å²) in [7, 11) is 0. The Balaban J connectivity index is 1.22. The van der Waals surface area contributed by atoms with Gasteiger partial charge in [-0.05, 0) is 76.2 Å². The summed E-state index contributed by atoms with van der Waals surface area (Å²) in [5, 5.41) is 3.15. The molecule has 2 aliphatic rings. The summed E-state index contributed by atoms with van der Waals surface area (Å²) < 4.78 is 13.9. The maximum Gasteiger partial charge on any atom is 0.270 e. The summed E-state index contributed by atoms with van der Waals surface area (Å²) in [6.07, 6.45) is 3.65. The van der Waals surface area contributed by atoms with Crippen LogP contribution in [0.1, 0.15) is 53.0 Å². The Morgan fingerprint density at radius 2 is 1.88 bits per heavy atom. The Labute approximate surface area is 195 Å². The van der Waals surface area contributed by atoms with Crippen LogP contribution in [0.3, 0.4) is 0 Å². The molecule has 1 aromatic heterocycles. The van der Waals surface area contributed by atoms with Crippen molar-refractivity contribution in [1.82, 2.24) is 20.1 Å². The SMILES string of the molecule is Cc1cc(C)c(C(=O)N2CCC[C@H](C(=O)NCC3CCN(Cc4ccccc4F)CC3)C2)[nH]1. The van der Waals surface area contributed by atoms with E-state index >= 15 is 0 Å². The quantitative estimate of drug-likeness (QED) is 0.700. The highest BCUT2D eigenvalue weighted by Gasteiger charge is 2.30. The van der Waals surface area contributed by atoms with Gasteiger partial charge in [0.05, 0.1) is 5.92 Å². The number of rotatable bonds is 6. The van der Waals surface area contributed by atoms with Crippen LogP contribution in [0.4, 0.5) is 4.39 Å². The maximum atomic E-state index is 13.9. The highest BCUT2D eigenvalue weighted by molar-refractivity contribution is 5.94. The fraction of sp³-hybridized carbons (Fsp3) is 0.538. The highest BCUT2D eigenvalue weighted by Crippen LogP contribution is 2.22. The van der Waals surface area contributed by atoms with Crippen LogP contribution in [0, 0.1) is 31.5 Å². The predicted octanol–water partition coefficient (Wildman–Crippen LogP) is 3.65. The minimum absolute atomic E-state index is 0.0136. The normalized spacial score (nSPS) is 20.1. The monoisotopic (exact) mass is 454 g/mol. The van der Waals surface area contributed by atoms with Gasteiger partial charge in [-0.1, -0.05) is 18.2 Å². The first-order valence-electron chi connectivity index (χ1n) is 12.1. The number of aromatic nitrogens is 1. The zero-order valence-corrected chi connectivity index (χ0v) is 19.7. The van der Waals surface area contributed by atoms with Crippen LogP contribution in [-0.2, 0) is 11.3 Å². The fourth-order valence-electron chi connectivity index (χ4n) is 5.09. The number of amides is 2. The number of halogens is 1. The zero-order valence-electron chi connectivity index (χ0n) is 19.7. The molecule has 33 heavy (non-hydrogen) atoms. The van der Waals surface area contributed by atoms with Gasteiger partial charge in [0.15, 0.2) is 0 Å². The van der Waals surface area contributed by atoms with Gasteiger partial charge in [-0.3, -0.25) is 14.5 Å². The first kappa shape index (κ1) is 23.5. The van der Waals surface area contributed by atoms with E-state index in [4.69, 9.17) is 0 Å². The van der Waals surface area contributed by atoms with Crippen LogP contribution in [0.2, 0.25) is 0 Å². The van der Waals surface area contributed by atoms with Crippen LogP contribution < -0.4 is 5.32 Å². The third-order valence-corrected chi connectivity index (χ3v) is 7.07. The molecular weight excluding hydrogens is 419 g/mol. The standard InChI is InChI=1S/C26H35FN4O2/c1-18-14-19(2)29-24(18)26(33)31-11-5-7-22(17-31)25(32)28-15-20-9-12-30(13-10-20)16-21-6-3-4-8-23(21)27/h3-4,6,8,14,20,22,29H,5,7,9-13,15-17H2,1-2H3,(H,28,32)/t22-/m0/s1. The summed E-state index contributed by atoms with van der Waals surface area (Å²) in [5.74, 6) is 0.186. The number of hydrogen-bond acceptors (Lipinski definition) is 3. The van der Waals surface area contributed by atoms with Crippen molar-refractivity contribution >= 4 is 11.8 Å². The Morgan fingerprint density at radius 1 is 1.12 bits per heavy atom. The van der Waals surface area contributed by atoms with Gasteiger partial charge in [0, 0.05) is 37.4 Å². The largest absolute Gasteiger partial charge is 0.356 e. The van der Waals surface area contributed by atoms with Crippen molar-refractivity contribution in [3.05, 3.63) is 58.7 Å². The molecule has 2 aliphatic heterocycles. The number of aromatic amines is 1. The van der Waals surface area contributed by atoms with Crippen LogP contribution in [0.15, 0.2) is 30.3 Å². The molecule has 178 valence electrons. The van der Waals surface area contributed by atoms with E-state index in [1.165, 1.54) is 6.07 Å². The van der Waals surface area contributed by atoms with Crippen molar-refractivity contribution in [3.63, 3.8) is 0 Å². The van der Waals surface area contributed by atoms with Crippen molar-refractivity contribution in [2.24, 2.45) is 11.8 Å². The first-order chi connectivity index (χ1) is 15.9. The molecule has 0 aliphatic carbocycles. The number of nitrogens with zero attached hydrogens (tertiary/aromatic N) is 2. The summed E-state index contributed by atoms with van der Waals surface area (Å²) in [6, 6.07) is 8.93. The summed E-state index contributed by atoms with van der Waals surface area (Å²) in [4.78, 5) is 33.0. The average molecular weight is 455 g/mol. The molecule has 3 heterocycles. The van der Waals surface area contributed by atoms with Crippen LogP contribution in [-0.4, -0.2) is 59.3 Å². The summed E-state index contributed by atoms with van der Waals surface area (Å²) in [6.45, 7) is 8.19. The van der Waals surface area contributed by atoms with E-state index < -0.39 is 0 Å². The van der Waals surface area contributed by atoms with Crippen molar-refractivity contribution in [1.29, 1.82) is 0 Å². The van der Waals surface area contributed by atoms with Gasteiger partial charge in [0.2, 0.25) is 5.91 Å². The molecule has 0 bridgehead atoms. The molecule has 4 rings (SSSR count). The Hall–Kier alpha value is -2.67. The third kappa shape index (κ3) is 5.82. The van der Waals surface area contributed by atoms with Gasteiger partial charge in [0.25, 0.3) is 5.91 Å². The van der Waals surface area contributed by atoms with E-state index in [9.17, 15) is 14.0 Å². The van der Waals surface area contributed by atoms with Crippen molar-refractivity contribution in [3.8, 4) is 0 Å². The first-order valence-corrected chi connectivity index (χ1v) is 12.1. The molecule has 2 fully saturated rings. The van der Waals surface area contributed by atoms with Gasteiger partial charge in [-0.2, -0.15) is 0 Å². The lowest BCUT2D eigenvalue weighted by Gasteiger charge is -2.34. The molecule has 2 N–H and O–H groups in total. The van der Waals surface area contributed by atoms with Crippen LogP contribution in [0.5, 0.6) is 0 Å². The molecule has 6 nitrogen and oxygen atoms in total. The van der Waals surface area contributed by atoms with Crippen LogP contribution >= 0.6 is 0 Å². The van der Waals surface area contributed by atoms with E-state index in [-0.39, 0.29) is 23.5 Å². The Bertz CT molecular complexity index is 980. The number of aryl methyl sites for hydroxylation is 2. The van der Waals surface area contributed by atoms with Crippen molar-refractivity contribution < 1.29 is 14.0 Å². The summed E-state index contributed by atoms with van der Waals surface area (Å²) >= 11 is 0. The molecule has 0 spiro atoms. The van der Waals surface area contributed by atoms with Gasteiger partial charge in [0.1, 0.15) is 11.5 Å². The number of likely N-dealkylation sites (tertiary alicyclic amines) is 2. The second-order valence-electron chi connectivity index (χ2n) is 9.66. The van der Waals surface area contributed by atoms with E-state index in [1.807, 2.05) is 36.9 Å². The zero-order chi connectivity index (χ0) is 23.4. The number of H-pyrrole nitrogens is 1.